The minimum atomic E-state index is -0.159. The molecular formula is C14H19NO3. The number of hydrogen-bond acceptors (Lipinski definition) is 4. The molecule has 1 aromatic rings. The van der Waals surface area contributed by atoms with E-state index in [0.29, 0.717) is 18.2 Å². The van der Waals surface area contributed by atoms with Crippen LogP contribution in [0, 0.1) is 0 Å². The maximum atomic E-state index is 11.0. The van der Waals surface area contributed by atoms with E-state index in [4.69, 9.17) is 0 Å². The maximum absolute atomic E-state index is 11.0. The number of rotatable bonds is 5. The third kappa shape index (κ3) is 3.01. The first-order valence-electron chi connectivity index (χ1n) is 6.32. The average molecular weight is 249 g/mol. The minimum absolute atomic E-state index is 0.159. The van der Waals surface area contributed by atoms with E-state index in [9.17, 15) is 9.90 Å². The first-order chi connectivity index (χ1) is 8.70. The Morgan fingerprint density at radius 2 is 2.39 bits per heavy atom. The third-order valence-electron chi connectivity index (χ3n) is 3.38. The molecule has 0 bridgehead atoms. The predicted molar refractivity (Wildman–Crippen MR) is 68.4 cm³/mol. The van der Waals surface area contributed by atoms with E-state index in [-0.39, 0.29) is 5.97 Å². The summed E-state index contributed by atoms with van der Waals surface area (Å²) in [4.78, 5) is 11.0. The molecule has 2 rings (SSSR count). The van der Waals surface area contributed by atoms with Crippen molar-refractivity contribution in [2.45, 2.75) is 31.7 Å². The second-order valence-electron chi connectivity index (χ2n) is 4.61. The first kappa shape index (κ1) is 12.9. The van der Waals surface area contributed by atoms with Crippen molar-refractivity contribution >= 4 is 5.97 Å². The van der Waals surface area contributed by atoms with E-state index in [1.165, 1.54) is 18.2 Å². The van der Waals surface area contributed by atoms with Crippen LogP contribution in [0.1, 0.15) is 36.4 Å². The molecule has 1 atom stereocenters. The first-order valence-corrected chi connectivity index (χ1v) is 6.32. The summed E-state index contributed by atoms with van der Waals surface area (Å²) in [5.41, 5.74) is 2.49. The number of methoxy groups -OCH3 is 1. The fourth-order valence-electron chi connectivity index (χ4n) is 2.43. The Morgan fingerprint density at radius 1 is 1.56 bits per heavy atom. The largest absolute Gasteiger partial charge is 0.508 e. The van der Waals surface area contributed by atoms with Crippen LogP contribution in [-0.4, -0.2) is 24.7 Å². The van der Waals surface area contributed by atoms with Gasteiger partial charge >= 0.3 is 5.97 Å². The Hall–Kier alpha value is -1.55. The number of phenols is 1. The summed E-state index contributed by atoms with van der Waals surface area (Å²) in [7, 11) is 1.41. The van der Waals surface area contributed by atoms with E-state index >= 15 is 0 Å². The highest BCUT2D eigenvalue weighted by Gasteiger charge is 2.21. The van der Waals surface area contributed by atoms with Crippen molar-refractivity contribution in [2.24, 2.45) is 0 Å². The van der Waals surface area contributed by atoms with Crippen molar-refractivity contribution in [3.05, 3.63) is 29.3 Å². The Balaban J connectivity index is 1.81. The van der Waals surface area contributed by atoms with E-state index in [0.717, 1.165) is 25.8 Å². The molecule has 0 radical (unpaired) electrons. The molecule has 1 aromatic carbocycles. The predicted octanol–water partition coefficient (Wildman–Crippen LogP) is 1.92. The molecular weight excluding hydrogens is 230 g/mol. The van der Waals surface area contributed by atoms with E-state index in [1.54, 1.807) is 6.07 Å². The molecule has 0 aliphatic heterocycles. The third-order valence-corrected chi connectivity index (χ3v) is 3.38. The Bertz CT molecular complexity index is 431. The van der Waals surface area contributed by atoms with Crippen molar-refractivity contribution in [2.75, 3.05) is 13.7 Å². The highest BCUT2D eigenvalue weighted by atomic mass is 16.5. The van der Waals surface area contributed by atoms with Gasteiger partial charge in [-0.1, -0.05) is 6.07 Å². The average Bonchev–Trinajstić information content (AvgIpc) is 2.76. The number of ether oxygens (including phenoxy) is 1. The van der Waals surface area contributed by atoms with Crippen molar-refractivity contribution in [3.63, 3.8) is 0 Å². The molecule has 98 valence electrons. The van der Waals surface area contributed by atoms with Gasteiger partial charge in [-0.3, -0.25) is 4.79 Å². The van der Waals surface area contributed by atoms with Crippen LogP contribution >= 0.6 is 0 Å². The van der Waals surface area contributed by atoms with Gasteiger partial charge < -0.3 is 15.2 Å². The van der Waals surface area contributed by atoms with Crippen LogP contribution in [0.2, 0.25) is 0 Å². The van der Waals surface area contributed by atoms with Gasteiger partial charge in [-0.15, -0.1) is 0 Å². The molecule has 1 aliphatic carbocycles. The fraction of sp³-hybridized carbons (Fsp3) is 0.500. The molecule has 0 spiro atoms. The number of nitrogens with one attached hydrogen (secondary N) is 1. The standard InChI is InChI=1S/C14H19NO3/c1-18-14(17)3-2-8-15-13-7-4-10-9-11(16)5-6-12(10)13/h5-6,9,13,15-16H,2-4,7-8H2,1H3. The van der Waals surface area contributed by atoms with Crippen molar-refractivity contribution < 1.29 is 14.6 Å². The number of fused-ring (bicyclic) bond motifs is 1. The highest BCUT2D eigenvalue weighted by molar-refractivity contribution is 5.69. The monoisotopic (exact) mass is 249 g/mol. The Kier molecular flexibility index (Phi) is 4.20. The number of carbonyl (C=O) groups excluding carboxylic acids is 1. The van der Waals surface area contributed by atoms with Crippen LogP contribution in [0.15, 0.2) is 18.2 Å². The molecule has 0 amide bonds. The molecule has 0 heterocycles. The van der Waals surface area contributed by atoms with Crippen molar-refractivity contribution in [3.8, 4) is 5.75 Å². The quantitative estimate of drug-likeness (QED) is 0.618. The highest BCUT2D eigenvalue weighted by Crippen LogP contribution is 2.33. The lowest BCUT2D eigenvalue weighted by molar-refractivity contribution is -0.140. The maximum Gasteiger partial charge on any atom is 0.305 e. The van der Waals surface area contributed by atoms with Crippen LogP contribution in [0.3, 0.4) is 0 Å². The van der Waals surface area contributed by atoms with Gasteiger partial charge in [-0.2, -0.15) is 0 Å². The van der Waals surface area contributed by atoms with Gasteiger partial charge in [0.2, 0.25) is 0 Å². The second kappa shape index (κ2) is 5.87. The van der Waals surface area contributed by atoms with Crippen molar-refractivity contribution in [1.82, 2.24) is 5.32 Å². The lowest BCUT2D eigenvalue weighted by Crippen LogP contribution is -2.21. The summed E-state index contributed by atoms with van der Waals surface area (Å²) in [6, 6.07) is 5.90. The number of phenolic OH excluding ortho intramolecular Hbond substituents is 1. The number of carbonyl (C=O) groups is 1. The summed E-state index contributed by atoms with van der Waals surface area (Å²) in [5.74, 6) is 0.175. The van der Waals surface area contributed by atoms with Gasteiger partial charge in [0, 0.05) is 12.5 Å². The van der Waals surface area contributed by atoms with Gasteiger partial charge in [0.05, 0.1) is 7.11 Å². The smallest absolute Gasteiger partial charge is 0.305 e. The zero-order chi connectivity index (χ0) is 13.0. The van der Waals surface area contributed by atoms with Gasteiger partial charge in [0.15, 0.2) is 0 Å². The van der Waals surface area contributed by atoms with Crippen LogP contribution in [-0.2, 0) is 16.0 Å². The molecule has 0 saturated heterocycles. The molecule has 2 N–H and O–H groups in total. The van der Waals surface area contributed by atoms with Crippen LogP contribution in [0.5, 0.6) is 5.75 Å². The Labute approximate surface area is 107 Å². The number of esters is 1. The van der Waals surface area contributed by atoms with Gasteiger partial charge in [-0.25, -0.2) is 0 Å². The lowest BCUT2D eigenvalue weighted by atomic mass is 10.1. The molecule has 1 aliphatic rings. The SMILES string of the molecule is COC(=O)CCCNC1CCc2cc(O)ccc21. The van der Waals surface area contributed by atoms with E-state index < -0.39 is 0 Å². The number of hydrogen-bond donors (Lipinski definition) is 2. The van der Waals surface area contributed by atoms with Gasteiger partial charge in [0.25, 0.3) is 0 Å². The summed E-state index contributed by atoms with van der Waals surface area (Å²) < 4.78 is 4.60. The minimum Gasteiger partial charge on any atom is -0.508 e. The summed E-state index contributed by atoms with van der Waals surface area (Å²) >= 11 is 0. The molecule has 0 aromatic heterocycles. The zero-order valence-electron chi connectivity index (χ0n) is 10.6. The van der Waals surface area contributed by atoms with Crippen LogP contribution < -0.4 is 5.32 Å². The number of benzene rings is 1. The van der Waals surface area contributed by atoms with E-state index in [2.05, 4.69) is 10.1 Å². The van der Waals surface area contributed by atoms with Crippen molar-refractivity contribution in [1.29, 1.82) is 0 Å². The van der Waals surface area contributed by atoms with Crippen LogP contribution in [0.25, 0.3) is 0 Å². The second-order valence-corrected chi connectivity index (χ2v) is 4.61. The summed E-state index contributed by atoms with van der Waals surface area (Å²) in [6.07, 6.45) is 3.30. The Morgan fingerprint density at radius 3 is 3.17 bits per heavy atom. The van der Waals surface area contributed by atoms with Gasteiger partial charge in [-0.05, 0) is 49.1 Å². The van der Waals surface area contributed by atoms with E-state index in [1.807, 2.05) is 12.1 Å². The molecule has 4 heteroatoms. The topological polar surface area (TPSA) is 58.6 Å². The molecule has 0 saturated carbocycles. The summed E-state index contributed by atoms with van der Waals surface area (Å²) in [6.45, 7) is 0.806. The lowest BCUT2D eigenvalue weighted by Gasteiger charge is -2.13. The number of aryl methyl sites for hydroxylation is 1. The molecule has 4 nitrogen and oxygen atoms in total. The summed E-state index contributed by atoms with van der Waals surface area (Å²) in [5, 5.41) is 12.9. The zero-order valence-corrected chi connectivity index (χ0v) is 10.6. The van der Waals surface area contributed by atoms with Gasteiger partial charge in [0.1, 0.15) is 5.75 Å². The fourth-order valence-corrected chi connectivity index (χ4v) is 2.43. The van der Waals surface area contributed by atoms with Crippen LogP contribution in [0.4, 0.5) is 0 Å². The molecule has 0 fully saturated rings. The number of aromatic hydroxyl groups is 1. The molecule has 18 heavy (non-hydrogen) atoms. The normalized spacial score (nSPS) is 17.5. The molecule has 1 unspecified atom stereocenters.